The van der Waals surface area contributed by atoms with E-state index in [4.69, 9.17) is 14.3 Å². The van der Waals surface area contributed by atoms with Gasteiger partial charge in [0.25, 0.3) is 0 Å². The van der Waals surface area contributed by atoms with E-state index in [-0.39, 0.29) is 18.3 Å². The molecule has 3 aromatic rings. The monoisotopic (exact) mass is 388 g/mol. The summed E-state index contributed by atoms with van der Waals surface area (Å²) in [5.41, 5.74) is 4.98. The Morgan fingerprint density at radius 3 is 2.17 bits per heavy atom. The lowest BCUT2D eigenvalue weighted by molar-refractivity contribution is 0.00578. The van der Waals surface area contributed by atoms with Crippen molar-refractivity contribution in [3.63, 3.8) is 0 Å². The average molecular weight is 388 g/mol. The number of fused-ring (bicyclic) bond motifs is 1. The maximum absolute atomic E-state index is 6.17. The molecule has 2 heterocycles. The van der Waals surface area contributed by atoms with Crippen LogP contribution in [0.4, 0.5) is 0 Å². The number of benzene rings is 2. The number of rotatable bonds is 3. The van der Waals surface area contributed by atoms with E-state index in [9.17, 15) is 0 Å². The highest BCUT2D eigenvalue weighted by Gasteiger charge is 2.51. The molecule has 1 saturated heterocycles. The minimum atomic E-state index is -0.321. The second kappa shape index (κ2) is 6.71. The van der Waals surface area contributed by atoms with Crippen molar-refractivity contribution in [2.45, 2.75) is 70.5 Å². The highest BCUT2D eigenvalue weighted by atomic mass is 16.7. The Kier molecular flexibility index (Phi) is 4.37. The van der Waals surface area contributed by atoms with Crippen LogP contribution in [0.1, 0.15) is 65.1 Å². The van der Waals surface area contributed by atoms with Gasteiger partial charge in [-0.05, 0) is 69.3 Å². The summed E-state index contributed by atoms with van der Waals surface area (Å²) >= 11 is 0. The SMILES string of the molecule is CC1(C)OB(c2ccc(-c3ccc4nc(C5CCCC5)[nH]c4c3)cc2)OC1(C)C. The third-order valence-electron chi connectivity index (χ3n) is 7.01. The van der Waals surface area contributed by atoms with Crippen LogP contribution in [0.5, 0.6) is 0 Å². The average Bonchev–Trinajstić information content (AvgIpc) is 3.39. The van der Waals surface area contributed by atoms with Gasteiger partial charge in [-0.2, -0.15) is 0 Å². The van der Waals surface area contributed by atoms with Gasteiger partial charge >= 0.3 is 7.12 Å². The number of nitrogens with zero attached hydrogens (tertiary/aromatic N) is 1. The molecule has 5 heteroatoms. The fourth-order valence-corrected chi connectivity index (χ4v) is 4.41. The first kappa shape index (κ1) is 18.9. The fraction of sp³-hybridized carbons (Fsp3) is 0.458. The first-order chi connectivity index (χ1) is 13.8. The van der Waals surface area contributed by atoms with Crippen LogP contribution in [0.25, 0.3) is 22.2 Å². The van der Waals surface area contributed by atoms with E-state index in [0.29, 0.717) is 5.92 Å². The highest BCUT2D eigenvalue weighted by Crippen LogP contribution is 2.37. The molecular weight excluding hydrogens is 359 g/mol. The molecular formula is C24H29BN2O2. The Bertz CT molecular complexity index is 1020. The van der Waals surface area contributed by atoms with E-state index < -0.39 is 0 Å². The van der Waals surface area contributed by atoms with Gasteiger partial charge in [0.2, 0.25) is 0 Å². The molecule has 1 saturated carbocycles. The van der Waals surface area contributed by atoms with Crippen LogP contribution in [0.3, 0.4) is 0 Å². The summed E-state index contributed by atoms with van der Waals surface area (Å²) in [5.74, 6) is 1.76. The first-order valence-electron chi connectivity index (χ1n) is 10.8. The smallest absolute Gasteiger partial charge is 0.399 e. The molecule has 0 atom stereocenters. The number of hydrogen-bond acceptors (Lipinski definition) is 3. The minimum absolute atomic E-state index is 0.320. The van der Waals surface area contributed by atoms with Gasteiger partial charge < -0.3 is 14.3 Å². The van der Waals surface area contributed by atoms with E-state index in [1.54, 1.807) is 0 Å². The maximum Gasteiger partial charge on any atom is 0.494 e. The lowest BCUT2D eigenvalue weighted by Crippen LogP contribution is -2.41. The normalized spacial score (nSPS) is 21.3. The molecule has 4 nitrogen and oxygen atoms in total. The molecule has 2 fully saturated rings. The molecule has 1 aliphatic carbocycles. The van der Waals surface area contributed by atoms with Gasteiger partial charge in [0.1, 0.15) is 5.82 Å². The summed E-state index contributed by atoms with van der Waals surface area (Å²) in [6.07, 6.45) is 5.16. The summed E-state index contributed by atoms with van der Waals surface area (Å²) in [6.45, 7) is 8.34. The van der Waals surface area contributed by atoms with Gasteiger partial charge in [-0.15, -0.1) is 0 Å². The summed E-state index contributed by atoms with van der Waals surface area (Å²) in [5, 5.41) is 0. The summed E-state index contributed by atoms with van der Waals surface area (Å²) in [4.78, 5) is 8.41. The van der Waals surface area contributed by atoms with Gasteiger partial charge in [0, 0.05) is 5.92 Å². The van der Waals surface area contributed by atoms with Gasteiger partial charge in [-0.3, -0.25) is 0 Å². The van der Waals surface area contributed by atoms with Crippen molar-refractivity contribution < 1.29 is 9.31 Å². The molecule has 1 aromatic heterocycles. The van der Waals surface area contributed by atoms with Crippen LogP contribution >= 0.6 is 0 Å². The second-order valence-electron chi connectivity index (χ2n) is 9.55. The standard InChI is InChI=1S/C24H29BN2O2/c1-23(2)24(3,4)29-25(28-23)19-12-9-16(10-13-19)18-11-14-20-21(15-18)27-22(26-20)17-7-5-6-8-17/h9-15,17H,5-8H2,1-4H3,(H,26,27). The summed E-state index contributed by atoms with van der Waals surface area (Å²) < 4.78 is 12.3. The largest absolute Gasteiger partial charge is 0.494 e. The number of H-pyrrole nitrogens is 1. The number of nitrogens with one attached hydrogen (secondary N) is 1. The zero-order valence-corrected chi connectivity index (χ0v) is 17.8. The second-order valence-corrected chi connectivity index (χ2v) is 9.55. The minimum Gasteiger partial charge on any atom is -0.399 e. The molecule has 1 N–H and O–H groups in total. The summed E-state index contributed by atoms with van der Waals surface area (Å²) in [7, 11) is -0.321. The molecule has 2 aliphatic rings. The van der Waals surface area contributed by atoms with Gasteiger partial charge in [0.15, 0.2) is 0 Å². The van der Waals surface area contributed by atoms with Crippen molar-refractivity contribution in [1.82, 2.24) is 9.97 Å². The molecule has 0 radical (unpaired) electrons. The van der Waals surface area contributed by atoms with Crippen molar-refractivity contribution in [2.75, 3.05) is 0 Å². The van der Waals surface area contributed by atoms with E-state index in [1.807, 2.05) is 0 Å². The van der Waals surface area contributed by atoms with Gasteiger partial charge in [-0.25, -0.2) is 4.98 Å². The predicted octanol–water partition coefficient (Wildman–Crippen LogP) is 5.19. The molecule has 5 rings (SSSR count). The van der Waals surface area contributed by atoms with E-state index in [2.05, 4.69) is 75.1 Å². The van der Waals surface area contributed by atoms with Crippen molar-refractivity contribution in [3.05, 3.63) is 48.3 Å². The van der Waals surface area contributed by atoms with Crippen molar-refractivity contribution in [1.29, 1.82) is 0 Å². The third-order valence-corrected chi connectivity index (χ3v) is 7.01. The molecule has 0 unspecified atom stereocenters. The van der Waals surface area contributed by atoms with E-state index >= 15 is 0 Å². The zero-order chi connectivity index (χ0) is 20.2. The Labute approximate surface area is 173 Å². The quantitative estimate of drug-likeness (QED) is 0.629. The number of aromatic nitrogens is 2. The molecule has 1 aliphatic heterocycles. The van der Waals surface area contributed by atoms with Crippen LogP contribution in [0, 0.1) is 0 Å². The highest BCUT2D eigenvalue weighted by molar-refractivity contribution is 6.62. The molecule has 0 amide bonds. The first-order valence-corrected chi connectivity index (χ1v) is 10.8. The maximum atomic E-state index is 6.17. The Morgan fingerprint density at radius 1 is 0.897 bits per heavy atom. The van der Waals surface area contributed by atoms with Crippen LogP contribution in [-0.2, 0) is 9.31 Å². The van der Waals surface area contributed by atoms with Crippen LogP contribution in [-0.4, -0.2) is 28.3 Å². The number of imidazole rings is 1. The van der Waals surface area contributed by atoms with E-state index in [0.717, 1.165) is 22.3 Å². The van der Waals surface area contributed by atoms with Gasteiger partial charge in [0.05, 0.1) is 22.2 Å². The van der Waals surface area contributed by atoms with Crippen molar-refractivity contribution >= 4 is 23.6 Å². The molecule has 0 bridgehead atoms. The van der Waals surface area contributed by atoms with Crippen LogP contribution in [0.15, 0.2) is 42.5 Å². The third kappa shape index (κ3) is 3.30. The number of hydrogen-bond donors (Lipinski definition) is 1. The van der Waals surface area contributed by atoms with Crippen molar-refractivity contribution in [3.8, 4) is 11.1 Å². The zero-order valence-electron chi connectivity index (χ0n) is 17.8. The molecule has 29 heavy (non-hydrogen) atoms. The van der Waals surface area contributed by atoms with Crippen LogP contribution < -0.4 is 5.46 Å². The lowest BCUT2D eigenvalue weighted by Gasteiger charge is -2.32. The molecule has 2 aromatic carbocycles. The summed E-state index contributed by atoms with van der Waals surface area (Å²) in [6, 6.07) is 15.0. The lowest BCUT2D eigenvalue weighted by atomic mass is 9.78. The topological polar surface area (TPSA) is 47.1 Å². The van der Waals surface area contributed by atoms with Gasteiger partial charge in [-0.1, -0.05) is 43.2 Å². The Morgan fingerprint density at radius 2 is 1.52 bits per heavy atom. The predicted molar refractivity (Wildman–Crippen MR) is 118 cm³/mol. The van der Waals surface area contributed by atoms with E-state index in [1.165, 1.54) is 36.8 Å². The molecule has 150 valence electrons. The molecule has 0 spiro atoms. The Balaban J connectivity index is 1.39. The van der Waals surface area contributed by atoms with Crippen molar-refractivity contribution in [2.24, 2.45) is 0 Å². The van der Waals surface area contributed by atoms with Crippen LogP contribution in [0.2, 0.25) is 0 Å². The fourth-order valence-electron chi connectivity index (χ4n) is 4.41. The number of aromatic amines is 1. The Hall–Kier alpha value is -2.11.